The van der Waals surface area contributed by atoms with Crippen molar-refractivity contribution < 1.29 is 0 Å². The van der Waals surface area contributed by atoms with E-state index in [1.54, 1.807) is 17.3 Å². The number of rotatable bonds is 3. The Hall–Kier alpha value is -2.14. The van der Waals surface area contributed by atoms with E-state index in [0.717, 1.165) is 16.5 Å². The summed E-state index contributed by atoms with van der Waals surface area (Å²) in [5, 5.41) is 9.00. The number of hydrogen-bond donors (Lipinski definition) is 1. The SMILES string of the molecule is Clc1nc2ccccc2cc1CNn1cnnc1. The summed E-state index contributed by atoms with van der Waals surface area (Å²) < 4.78 is 1.67. The predicted octanol–water partition coefficient (Wildman–Crippen LogP) is 2.22. The third kappa shape index (κ3) is 2.12. The molecule has 2 aromatic heterocycles. The summed E-state index contributed by atoms with van der Waals surface area (Å²) in [6.07, 6.45) is 3.17. The fourth-order valence-electron chi connectivity index (χ4n) is 1.72. The molecule has 1 N–H and O–H groups in total. The lowest BCUT2D eigenvalue weighted by atomic mass is 10.1. The number of pyridine rings is 1. The molecule has 0 aliphatic rings. The van der Waals surface area contributed by atoms with E-state index in [1.165, 1.54) is 0 Å². The molecule has 90 valence electrons. The number of hydrogen-bond acceptors (Lipinski definition) is 4. The van der Waals surface area contributed by atoms with Crippen molar-refractivity contribution in [2.24, 2.45) is 0 Å². The van der Waals surface area contributed by atoms with Crippen molar-refractivity contribution in [1.82, 2.24) is 19.9 Å². The van der Waals surface area contributed by atoms with Crippen LogP contribution in [0.5, 0.6) is 0 Å². The van der Waals surface area contributed by atoms with Crippen LogP contribution < -0.4 is 5.43 Å². The maximum absolute atomic E-state index is 6.15. The van der Waals surface area contributed by atoms with Crippen LogP contribution in [0.3, 0.4) is 0 Å². The van der Waals surface area contributed by atoms with Crippen LogP contribution in [0.4, 0.5) is 0 Å². The molecule has 0 unspecified atom stereocenters. The quantitative estimate of drug-likeness (QED) is 0.733. The Morgan fingerprint density at radius 3 is 2.78 bits per heavy atom. The van der Waals surface area contributed by atoms with E-state index in [1.807, 2.05) is 30.3 Å². The van der Waals surface area contributed by atoms with Gasteiger partial charge in [-0.1, -0.05) is 29.8 Å². The maximum Gasteiger partial charge on any atom is 0.138 e. The zero-order valence-electron chi connectivity index (χ0n) is 9.42. The van der Waals surface area contributed by atoms with Crippen molar-refractivity contribution in [3.05, 3.63) is 53.7 Å². The average molecular weight is 260 g/mol. The molecule has 0 aliphatic heterocycles. The summed E-state index contributed by atoms with van der Waals surface area (Å²) in [4.78, 5) is 4.36. The van der Waals surface area contributed by atoms with Gasteiger partial charge in [0.2, 0.25) is 0 Å². The second kappa shape index (κ2) is 4.62. The minimum Gasteiger partial charge on any atom is -0.319 e. The first-order valence-corrected chi connectivity index (χ1v) is 5.83. The third-order valence-electron chi connectivity index (χ3n) is 2.62. The summed E-state index contributed by atoms with van der Waals surface area (Å²) in [5.74, 6) is 0. The Kier molecular flexibility index (Phi) is 2.82. The largest absolute Gasteiger partial charge is 0.319 e. The lowest BCUT2D eigenvalue weighted by molar-refractivity contribution is 0.834. The Labute approximate surface area is 108 Å². The minimum absolute atomic E-state index is 0.509. The fraction of sp³-hybridized carbons (Fsp3) is 0.0833. The molecule has 5 nitrogen and oxygen atoms in total. The predicted molar refractivity (Wildman–Crippen MR) is 69.8 cm³/mol. The highest BCUT2D eigenvalue weighted by Crippen LogP contribution is 2.20. The highest BCUT2D eigenvalue weighted by atomic mass is 35.5. The molecule has 0 atom stereocenters. The first-order chi connectivity index (χ1) is 8.83. The van der Waals surface area contributed by atoms with Gasteiger partial charge in [0.25, 0.3) is 0 Å². The smallest absolute Gasteiger partial charge is 0.138 e. The normalized spacial score (nSPS) is 10.7. The van der Waals surface area contributed by atoms with E-state index in [2.05, 4.69) is 20.6 Å². The van der Waals surface area contributed by atoms with Crippen LogP contribution in [0.1, 0.15) is 5.56 Å². The second-order valence-electron chi connectivity index (χ2n) is 3.84. The highest BCUT2D eigenvalue weighted by molar-refractivity contribution is 6.30. The van der Waals surface area contributed by atoms with E-state index in [0.29, 0.717) is 11.7 Å². The van der Waals surface area contributed by atoms with Crippen LogP contribution >= 0.6 is 11.6 Å². The summed E-state index contributed by atoms with van der Waals surface area (Å²) in [6.45, 7) is 0.564. The second-order valence-corrected chi connectivity index (χ2v) is 4.19. The van der Waals surface area contributed by atoms with Crippen LogP contribution in [-0.4, -0.2) is 19.9 Å². The molecule has 3 aromatic rings. The van der Waals surface area contributed by atoms with Crippen LogP contribution in [-0.2, 0) is 6.54 Å². The van der Waals surface area contributed by atoms with Gasteiger partial charge in [0, 0.05) is 10.9 Å². The van der Waals surface area contributed by atoms with Gasteiger partial charge in [-0.3, -0.25) is 0 Å². The summed E-state index contributed by atoms with van der Waals surface area (Å²) >= 11 is 6.15. The minimum atomic E-state index is 0.509. The van der Waals surface area contributed by atoms with Gasteiger partial charge in [0.1, 0.15) is 17.8 Å². The van der Waals surface area contributed by atoms with Gasteiger partial charge in [0.15, 0.2) is 0 Å². The number of para-hydroxylation sites is 1. The van der Waals surface area contributed by atoms with Crippen LogP contribution in [0.2, 0.25) is 5.15 Å². The highest BCUT2D eigenvalue weighted by Gasteiger charge is 2.04. The van der Waals surface area contributed by atoms with E-state index < -0.39 is 0 Å². The van der Waals surface area contributed by atoms with Crippen LogP contribution in [0.25, 0.3) is 10.9 Å². The molecule has 1 aromatic carbocycles. The van der Waals surface area contributed by atoms with Crippen molar-refractivity contribution in [1.29, 1.82) is 0 Å². The molecule has 3 rings (SSSR count). The van der Waals surface area contributed by atoms with Gasteiger partial charge in [-0.15, -0.1) is 10.2 Å². The summed E-state index contributed by atoms with van der Waals surface area (Å²) in [6, 6.07) is 9.91. The van der Waals surface area contributed by atoms with Crippen molar-refractivity contribution >= 4 is 22.5 Å². The first kappa shape index (κ1) is 11.0. The Balaban J connectivity index is 1.89. The molecule has 18 heavy (non-hydrogen) atoms. The zero-order valence-corrected chi connectivity index (χ0v) is 10.2. The molecule has 2 heterocycles. The number of nitrogens with zero attached hydrogens (tertiary/aromatic N) is 4. The van der Waals surface area contributed by atoms with Crippen molar-refractivity contribution in [3.8, 4) is 0 Å². The average Bonchev–Trinajstić information content (AvgIpc) is 2.89. The molecular weight excluding hydrogens is 250 g/mol. The molecule has 0 radical (unpaired) electrons. The fourth-order valence-corrected chi connectivity index (χ4v) is 1.93. The summed E-state index contributed by atoms with van der Waals surface area (Å²) in [7, 11) is 0. The molecular formula is C12H10ClN5. The van der Waals surface area contributed by atoms with Crippen molar-refractivity contribution in [3.63, 3.8) is 0 Å². The monoisotopic (exact) mass is 259 g/mol. The van der Waals surface area contributed by atoms with E-state index >= 15 is 0 Å². The molecule has 6 heteroatoms. The Morgan fingerprint density at radius 1 is 1.17 bits per heavy atom. The Morgan fingerprint density at radius 2 is 1.94 bits per heavy atom. The zero-order chi connectivity index (χ0) is 12.4. The van der Waals surface area contributed by atoms with Gasteiger partial charge in [-0.2, -0.15) is 0 Å². The third-order valence-corrected chi connectivity index (χ3v) is 2.95. The number of fused-ring (bicyclic) bond motifs is 1. The lowest BCUT2D eigenvalue weighted by Crippen LogP contribution is -2.12. The van der Waals surface area contributed by atoms with Crippen LogP contribution in [0.15, 0.2) is 43.0 Å². The number of benzene rings is 1. The van der Waals surface area contributed by atoms with Gasteiger partial charge in [-0.25, -0.2) is 9.66 Å². The van der Waals surface area contributed by atoms with Crippen LogP contribution in [0, 0.1) is 0 Å². The molecule has 0 saturated carbocycles. The van der Waals surface area contributed by atoms with E-state index in [9.17, 15) is 0 Å². The van der Waals surface area contributed by atoms with E-state index in [4.69, 9.17) is 11.6 Å². The molecule has 0 aliphatic carbocycles. The standard InChI is InChI=1S/C12H10ClN5/c13-12-10(6-16-18-7-14-15-8-18)5-9-3-1-2-4-11(9)17-12/h1-5,7-8,16H,6H2. The van der Waals surface area contributed by atoms with Gasteiger partial charge in [-0.05, 0) is 12.1 Å². The molecule has 0 saturated heterocycles. The summed E-state index contributed by atoms with van der Waals surface area (Å²) in [5.41, 5.74) is 4.95. The van der Waals surface area contributed by atoms with Crippen molar-refractivity contribution in [2.45, 2.75) is 6.54 Å². The maximum atomic E-state index is 6.15. The lowest BCUT2D eigenvalue weighted by Gasteiger charge is -2.08. The number of nitrogens with one attached hydrogen (secondary N) is 1. The molecule has 0 amide bonds. The first-order valence-electron chi connectivity index (χ1n) is 5.45. The van der Waals surface area contributed by atoms with E-state index in [-0.39, 0.29) is 0 Å². The topological polar surface area (TPSA) is 55.6 Å². The van der Waals surface area contributed by atoms with Crippen molar-refractivity contribution in [2.75, 3.05) is 5.43 Å². The van der Waals surface area contributed by atoms with Gasteiger partial charge in [0.05, 0.1) is 12.1 Å². The number of halogens is 1. The Bertz CT molecular complexity index is 665. The molecule has 0 bridgehead atoms. The van der Waals surface area contributed by atoms with Gasteiger partial charge < -0.3 is 5.43 Å². The molecule has 0 spiro atoms. The molecule has 0 fully saturated rings. The number of aromatic nitrogens is 4. The van der Waals surface area contributed by atoms with Gasteiger partial charge >= 0.3 is 0 Å².